The molecule has 0 amide bonds. The molecular formula is C23H30ClN3OSi. The van der Waals surface area contributed by atoms with Crippen LogP contribution < -0.4 is 9.74 Å². The van der Waals surface area contributed by atoms with Gasteiger partial charge in [-0.05, 0) is 75.2 Å². The Labute approximate surface area is 180 Å². The van der Waals surface area contributed by atoms with E-state index in [4.69, 9.17) is 16.0 Å². The van der Waals surface area contributed by atoms with E-state index in [0.29, 0.717) is 5.02 Å². The Hall–Kier alpha value is -2.08. The largest absolute Gasteiger partial charge is 0.544 e. The summed E-state index contributed by atoms with van der Waals surface area (Å²) in [5.74, 6) is 0.994. The van der Waals surface area contributed by atoms with Crippen LogP contribution in [0.15, 0.2) is 48.7 Å². The van der Waals surface area contributed by atoms with Crippen LogP contribution in [0.4, 0.5) is 11.4 Å². The molecule has 0 unspecified atom stereocenters. The number of nitrogens with one attached hydrogen (secondary N) is 1. The summed E-state index contributed by atoms with van der Waals surface area (Å²) in [6, 6.07) is 14.2. The zero-order valence-corrected chi connectivity index (χ0v) is 19.7. The van der Waals surface area contributed by atoms with E-state index < -0.39 is 8.32 Å². The Morgan fingerprint density at radius 1 is 1.03 bits per heavy atom. The molecule has 3 rings (SSSR count). The fourth-order valence-corrected chi connectivity index (χ4v) is 4.31. The highest BCUT2D eigenvalue weighted by Crippen LogP contribution is 2.31. The lowest BCUT2D eigenvalue weighted by Crippen LogP contribution is -2.30. The quantitative estimate of drug-likeness (QED) is 0.406. The Bertz CT molecular complexity index is 984. The number of fused-ring (bicyclic) bond motifs is 1. The first-order valence-electron chi connectivity index (χ1n) is 10.1. The number of nitrogens with zero attached hydrogens (tertiary/aromatic N) is 2. The van der Waals surface area contributed by atoms with E-state index in [-0.39, 0.29) is 0 Å². The smallest absolute Gasteiger partial charge is 0.242 e. The second-order valence-corrected chi connectivity index (χ2v) is 13.0. The van der Waals surface area contributed by atoms with Crippen molar-refractivity contribution >= 4 is 42.2 Å². The number of hydrogen-bond acceptors (Lipinski definition) is 4. The molecule has 6 heteroatoms. The van der Waals surface area contributed by atoms with Crippen molar-refractivity contribution in [1.82, 2.24) is 9.88 Å². The molecule has 4 nitrogen and oxygen atoms in total. The predicted octanol–water partition coefficient (Wildman–Crippen LogP) is 6.69. The van der Waals surface area contributed by atoms with E-state index in [1.807, 2.05) is 24.3 Å². The first-order valence-corrected chi connectivity index (χ1v) is 13.9. The second kappa shape index (κ2) is 9.16. The lowest BCUT2D eigenvalue weighted by Gasteiger charge is -2.25. The summed E-state index contributed by atoms with van der Waals surface area (Å²) in [5.41, 5.74) is 4.14. The molecule has 0 bridgehead atoms. The van der Waals surface area contributed by atoms with Gasteiger partial charge in [0.05, 0.1) is 5.52 Å². The average Bonchev–Trinajstić information content (AvgIpc) is 2.66. The van der Waals surface area contributed by atoms with E-state index in [1.54, 1.807) is 6.20 Å². The standard InChI is InChI=1S/C23H30ClN3OSi/c1-6-27(7-2)16-17-14-19(9-11-23(17)28-29(3,4)5)26-21-12-13-25-22-15-18(24)8-10-20(21)22/h8-15H,6-7,16H2,1-5H3,(H,25,26). The maximum atomic E-state index is 6.37. The van der Waals surface area contributed by atoms with Gasteiger partial charge in [0.25, 0.3) is 0 Å². The number of halogens is 1. The maximum Gasteiger partial charge on any atom is 0.242 e. The van der Waals surface area contributed by atoms with Gasteiger partial charge in [0.15, 0.2) is 0 Å². The molecule has 0 radical (unpaired) electrons. The number of pyridine rings is 1. The number of aromatic nitrogens is 1. The van der Waals surface area contributed by atoms with Crippen LogP contribution >= 0.6 is 11.6 Å². The van der Waals surface area contributed by atoms with Crippen molar-refractivity contribution in [2.75, 3.05) is 18.4 Å². The molecule has 0 fully saturated rings. The molecule has 1 aromatic heterocycles. The lowest BCUT2D eigenvalue weighted by molar-refractivity contribution is 0.293. The third-order valence-electron chi connectivity index (χ3n) is 4.75. The normalized spacial score (nSPS) is 11.8. The molecule has 1 heterocycles. The summed E-state index contributed by atoms with van der Waals surface area (Å²) in [6.45, 7) is 13.9. The molecule has 2 aromatic carbocycles. The SMILES string of the molecule is CCN(CC)Cc1cc(Nc2ccnc3cc(Cl)ccc23)ccc1O[Si](C)(C)C. The van der Waals surface area contributed by atoms with Gasteiger partial charge in [-0.25, -0.2) is 0 Å². The highest BCUT2D eigenvalue weighted by Gasteiger charge is 2.19. The molecule has 0 aliphatic heterocycles. The Kier molecular flexibility index (Phi) is 6.83. The second-order valence-electron chi connectivity index (χ2n) is 8.14. The minimum atomic E-state index is -1.69. The molecule has 0 saturated carbocycles. The number of rotatable bonds is 8. The molecule has 0 saturated heterocycles. The fraction of sp³-hybridized carbons (Fsp3) is 0.348. The van der Waals surface area contributed by atoms with E-state index >= 15 is 0 Å². The summed E-state index contributed by atoms with van der Waals surface area (Å²) < 4.78 is 6.37. The average molecular weight is 428 g/mol. The van der Waals surface area contributed by atoms with Crippen molar-refractivity contribution < 1.29 is 4.43 Å². The number of benzene rings is 2. The van der Waals surface area contributed by atoms with Gasteiger partial charge in [0.1, 0.15) is 5.75 Å². The third-order valence-corrected chi connectivity index (χ3v) is 5.82. The first-order chi connectivity index (χ1) is 13.8. The van der Waals surface area contributed by atoms with Crippen molar-refractivity contribution in [3.8, 4) is 5.75 Å². The molecule has 1 N–H and O–H groups in total. The zero-order valence-electron chi connectivity index (χ0n) is 17.9. The highest BCUT2D eigenvalue weighted by molar-refractivity contribution is 6.70. The Morgan fingerprint density at radius 3 is 2.48 bits per heavy atom. The van der Waals surface area contributed by atoms with Gasteiger partial charge < -0.3 is 9.74 Å². The maximum absolute atomic E-state index is 6.37. The van der Waals surface area contributed by atoms with Crippen molar-refractivity contribution in [3.05, 3.63) is 59.2 Å². The van der Waals surface area contributed by atoms with Crippen LogP contribution in [0.25, 0.3) is 10.9 Å². The van der Waals surface area contributed by atoms with Gasteiger partial charge in [0, 0.05) is 40.1 Å². The van der Waals surface area contributed by atoms with Crippen LogP contribution in [0, 0.1) is 0 Å². The van der Waals surface area contributed by atoms with Crippen LogP contribution in [-0.2, 0) is 6.54 Å². The van der Waals surface area contributed by atoms with E-state index in [0.717, 1.165) is 47.7 Å². The number of hydrogen-bond donors (Lipinski definition) is 1. The van der Waals surface area contributed by atoms with Gasteiger partial charge in [-0.1, -0.05) is 25.4 Å². The predicted molar refractivity (Wildman–Crippen MR) is 127 cm³/mol. The molecule has 0 spiro atoms. The summed E-state index contributed by atoms with van der Waals surface area (Å²) >= 11 is 6.12. The lowest BCUT2D eigenvalue weighted by atomic mass is 10.1. The third kappa shape index (κ3) is 5.72. The summed E-state index contributed by atoms with van der Waals surface area (Å²) in [7, 11) is -1.69. The molecule has 0 aliphatic carbocycles. The molecule has 3 aromatic rings. The molecule has 29 heavy (non-hydrogen) atoms. The van der Waals surface area contributed by atoms with Crippen molar-refractivity contribution in [3.63, 3.8) is 0 Å². The van der Waals surface area contributed by atoms with Gasteiger partial charge >= 0.3 is 0 Å². The van der Waals surface area contributed by atoms with Crippen LogP contribution in [0.3, 0.4) is 0 Å². The van der Waals surface area contributed by atoms with Crippen LogP contribution in [0.2, 0.25) is 24.7 Å². The molecule has 154 valence electrons. The topological polar surface area (TPSA) is 37.4 Å². The van der Waals surface area contributed by atoms with E-state index in [2.05, 4.69) is 66.9 Å². The minimum Gasteiger partial charge on any atom is -0.544 e. The van der Waals surface area contributed by atoms with Gasteiger partial charge in [-0.2, -0.15) is 0 Å². The number of anilines is 2. The molecule has 0 atom stereocenters. The van der Waals surface area contributed by atoms with Crippen molar-refractivity contribution in [2.24, 2.45) is 0 Å². The van der Waals surface area contributed by atoms with Crippen molar-refractivity contribution in [2.45, 2.75) is 40.0 Å². The Morgan fingerprint density at radius 2 is 1.79 bits per heavy atom. The van der Waals surface area contributed by atoms with Gasteiger partial charge in [-0.15, -0.1) is 0 Å². The highest BCUT2D eigenvalue weighted by atomic mass is 35.5. The van der Waals surface area contributed by atoms with Crippen LogP contribution in [0.5, 0.6) is 5.75 Å². The van der Waals surface area contributed by atoms with Crippen LogP contribution in [-0.4, -0.2) is 31.3 Å². The molecular weight excluding hydrogens is 398 g/mol. The summed E-state index contributed by atoms with van der Waals surface area (Å²) in [4.78, 5) is 6.83. The fourth-order valence-electron chi connectivity index (χ4n) is 3.28. The summed E-state index contributed by atoms with van der Waals surface area (Å²) in [5, 5.41) is 5.30. The Balaban J connectivity index is 1.95. The monoisotopic (exact) mass is 427 g/mol. The van der Waals surface area contributed by atoms with E-state index in [1.165, 1.54) is 5.56 Å². The zero-order chi connectivity index (χ0) is 21.0. The van der Waals surface area contributed by atoms with Gasteiger partial charge in [0.2, 0.25) is 8.32 Å². The van der Waals surface area contributed by atoms with Crippen LogP contribution in [0.1, 0.15) is 19.4 Å². The van der Waals surface area contributed by atoms with E-state index in [9.17, 15) is 0 Å². The molecule has 0 aliphatic rings. The van der Waals surface area contributed by atoms with Crippen molar-refractivity contribution in [1.29, 1.82) is 0 Å². The van der Waals surface area contributed by atoms with Gasteiger partial charge in [-0.3, -0.25) is 9.88 Å². The summed E-state index contributed by atoms with van der Waals surface area (Å²) in [6.07, 6.45) is 1.81. The first kappa shape index (κ1) is 21.6. The minimum absolute atomic E-state index is 0.691.